The quantitative estimate of drug-likeness (QED) is 0.691. The molecule has 0 bridgehead atoms. The van der Waals surface area contributed by atoms with Gasteiger partial charge in [0.25, 0.3) is 0 Å². The van der Waals surface area contributed by atoms with Gasteiger partial charge in [0, 0.05) is 0 Å². The summed E-state index contributed by atoms with van der Waals surface area (Å²) in [4.78, 5) is 0. The van der Waals surface area contributed by atoms with Crippen LogP contribution < -0.4 is 4.74 Å². The highest BCUT2D eigenvalue weighted by Gasteiger charge is 2.31. The van der Waals surface area contributed by atoms with Crippen LogP contribution in [0.3, 0.4) is 0 Å². The summed E-state index contributed by atoms with van der Waals surface area (Å²) in [7, 11) is 0. The Morgan fingerprint density at radius 3 is 2.13 bits per heavy atom. The van der Waals surface area contributed by atoms with Crippen molar-refractivity contribution in [2.75, 3.05) is 0 Å². The zero-order valence-electron chi connectivity index (χ0n) is 8.03. The lowest BCUT2D eigenvalue weighted by molar-refractivity contribution is -0.274. The van der Waals surface area contributed by atoms with Gasteiger partial charge < -0.3 is 4.74 Å². The number of hydrogen-bond donors (Lipinski definition) is 0. The van der Waals surface area contributed by atoms with Gasteiger partial charge in [-0.15, -0.1) is 13.2 Å². The van der Waals surface area contributed by atoms with Gasteiger partial charge in [0.05, 0.1) is 4.47 Å². The number of benzene rings is 1. The maximum Gasteiger partial charge on any atom is 0.573 e. The molecule has 0 radical (unpaired) electrons. The molecule has 0 saturated heterocycles. The molecule has 0 spiro atoms. The molecule has 0 unspecified atom stereocenters. The van der Waals surface area contributed by atoms with E-state index in [0.29, 0.717) is 0 Å². The molecular weight excluding hydrogens is 280 g/mol. The van der Waals surface area contributed by atoms with Crippen molar-refractivity contribution in [1.82, 2.24) is 0 Å². The van der Waals surface area contributed by atoms with E-state index in [1.165, 1.54) is 0 Å². The van der Waals surface area contributed by atoms with Crippen molar-refractivity contribution in [3.05, 3.63) is 28.5 Å². The third-order valence-corrected chi connectivity index (χ3v) is 1.73. The molecule has 0 amide bonds. The van der Waals surface area contributed by atoms with Crippen LogP contribution in [-0.2, 0) is 0 Å². The molecule has 0 aromatic heterocycles. The zero-order valence-corrected chi connectivity index (χ0v) is 9.62. The number of alkyl halides is 3. The van der Waals surface area contributed by atoms with Crippen molar-refractivity contribution < 1.29 is 22.3 Å². The Morgan fingerprint density at radius 1 is 1.20 bits per heavy atom. The minimum Gasteiger partial charge on any atom is -0.406 e. The highest BCUT2D eigenvalue weighted by Crippen LogP contribution is 2.26. The second-order valence-electron chi connectivity index (χ2n) is 2.12. The summed E-state index contributed by atoms with van der Waals surface area (Å²) in [5.41, 5.74) is 0. The van der Waals surface area contributed by atoms with Crippen molar-refractivity contribution in [1.29, 1.82) is 0 Å². The van der Waals surface area contributed by atoms with E-state index in [0.717, 1.165) is 18.2 Å². The van der Waals surface area contributed by atoms with Crippen molar-refractivity contribution in [2.45, 2.75) is 20.2 Å². The molecule has 0 heterocycles. The molecule has 0 aliphatic heterocycles. The molecule has 0 aliphatic rings. The molecule has 0 saturated carbocycles. The van der Waals surface area contributed by atoms with E-state index < -0.39 is 17.9 Å². The highest BCUT2D eigenvalue weighted by molar-refractivity contribution is 9.10. The fourth-order valence-corrected chi connectivity index (χ4v) is 1.03. The summed E-state index contributed by atoms with van der Waals surface area (Å²) < 4.78 is 50.9. The monoisotopic (exact) mass is 288 g/mol. The lowest BCUT2D eigenvalue weighted by atomic mass is 10.3. The first kappa shape index (κ1) is 14.2. The Labute approximate surface area is 93.2 Å². The van der Waals surface area contributed by atoms with E-state index in [4.69, 9.17) is 0 Å². The number of ether oxygens (including phenoxy) is 1. The maximum absolute atomic E-state index is 12.5. The van der Waals surface area contributed by atoms with Gasteiger partial charge in [-0.2, -0.15) is 0 Å². The van der Waals surface area contributed by atoms with Gasteiger partial charge in [0.15, 0.2) is 0 Å². The van der Waals surface area contributed by atoms with Crippen molar-refractivity contribution >= 4 is 15.9 Å². The van der Waals surface area contributed by atoms with Crippen LogP contribution in [-0.4, -0.2) is 6.36 Å². The third-order valence-electron chi connectivity index (χ3n) is 1.12. The SMILES string of the molecule is CC.Fc1ccc(OC(F)(F)F)cc1Br. The van der Waals surface area contributed by atoms with E-state index in [1.807, 2.05) is 13.8 Å². The smallest absolute Gasteiger partial charge is 0.406 e. The molecule has 15 heavy (non-hydrogen) atoms. The summed E-state index contributed by atoms with van der Waals surface area (Å²) in [6.45, 7) is 4.00. The Bertz CT molecular complexity index is 311. The van der Waals surface area contributed by atoms with Crippen LogP contribution in [0.25, 0.3) is 0 Å². The Balaban J connectivity index is 0.000000921. The molecule has 1 aromatic carbocycles. The fourth-order valence-electron chi connectivity index (χ4n) is 0.674. The largest absolute Gasteiger partial charge is 0.573 e. The highest BCUT2D eigenvalue weighted by atomic mass is 79.9. The van der Waals surface area contributed by atoms with Gasteiger partial charge in [-0.1, -0.05) is 13.8 Å². The Kier molecular flexibility index (Phi) is 5.64. The van der Waals surface area contributed by atoms with Crippen molar-refractivity contribution in [2.24, 2.45) is 0 Å². The van der Waals surface area contributed by atoms with Crippen LogP contribution in [0.1, 0.15) is 13.8 Å². The molecule has 0 atom stereocenters. The average Bonchev–Trinajstić information content (AvgIpc) is 2.12. The van der Waals surface area contributed by atoms with Gasteiger partial charge in [-0.3, -0.25) is 0 Å². The van der Waals surface area contributed by atoms with Crippen LogP contribution >= 0.6 is 15.9 Å². The van der Waals surface area contributed by atoms with Crippen LogP contribution in [0, 0.1) is 5.82 Å². The normalized spacial score (nSPS) is 10.3. The second kappa shape index (κ2) is 5.95. The maximum atomic E-state index is 12.5. The van der Waals surface area contributed by atoms with Gasteiger partial charge >= 0.3 is 6.36 Å². The Morgan fingerprint density at radius 2 is 1.73 bits per heavy atom. The average molecular weight is 289 g/mol. The van der Waals surface area contributed by atoms with E-state index in [1.54, 1.807) is 0 Å². The predicted octanol–water partition coefficient (Wildman–Crippen LogP) is 4.51. The first-order chi connectivity index (χ1) is 6.88. The summed E-state index contributed by atoms with van der Waals surface area (Å²) in [5, 5.41) is 0. The van der Waals surface area contributed by atoms with E-state index in [2.05, 4.69) is 20.7 Å². The van der Waals surface area contributed by atoms with E-state index >= 15 is 0 Å². The lowest BCUT2D eigenvalue weighted by Crippen LogP contribution is -2.17. The van der Waals surface area contributed by atoms with Gasteiger partial charge in [0.1, 0.15) is 11.6 Å². The van der Waals surface area contributed by atoms with Crippen molar-refractivity contribution in [3.63, 3.8) is 0 Å². The summed E-state index contributed by atoms with van der Waals surface area (Å²) in [6, 6.07) is 2.68. The number of hydrogen-bond acceptors (Lipinski definition) is 1. The summed E-state index contributed by atoms with van der Waals surface area (Å²) in [6.07, 6.45) is -4.75. The van der Waals surface area contributed by atoms with E-state index in [-0.39, 0.29) is 4.47 Å². The van der Waals surface area contributed by atoms with Gasteiger partial charge in [-0.05, 0) is 34.1 Å². The van der Waals surface area contributed by atoms with Crippen LogP contribution in [0.5, 0.6) is 5.75 Å². The number of halogens is 5. The fraction of sp³-hybridized carbons (Fsp3) is 0.333. The van der Waals surface area contributed by atoms with Crippen LogP contribution in [0.2, 0.25) is 0 Å². The molecule has 1 nitrogen and oxygen atoms in total. The first-order valence-corrected chi connectivity index (χ1v) is 4.88. The second-order valence-corrected chi connectivity index (χ2v) is 2.98. The molecule has 0 aliphatic carbocycles. The van der Waals surface area contributed by atoms with Gasteiger partial charge in [-0.25, -0.2) is 4.39 Å². The molecule has 1 rings (SSSR count). The van der Waals surface area contributed by atoms with Crippen LogP contribution in [0.4, 0.5) is 17.6 Å². The molecule has 1 aromatic rings. The summed E-state index contributed by atoms with van der Waals surface area (Å²) >= 11 is 2.73. The minimum atomic E-state index is -4.75. The topological polar surface area (TPSA) is 9.23 Å². The van der Waals surface area contributed by atoms with Crippen LogP contribution in [0.15, 0.2) is 22.7 Å². The first-order valence-electron chi connectivity index (χ1n) is 4.09. The summed E-state index contributed by atoms with van der Waals surface area (Å²) in [5.74, 6) is -1.10. The molecule has 0 fully saturated rings. The molecule has 0 N–H and O–H groups in total. The van der Waals surface area contributed by atoms with Gasteiger partial charge in [0.2, 0.25) is 0 Å². The predicted molar refractivity (Wildman–Crippen MR) is 52.1 cm³/mol. The third kappa shape index (κ3) is 5.61. The van der Waals surface area contributed by atoms with Crippen molar-refractivity contribution in [3.8, 4) is 5.75 Å². The molecule has 86 valence electrons. The number of rotatable bonds is 1. The standard InChI is InChI=1S/C7H3BrF4O.C2H6/c8-5-3-4(1-2-6(5)9)13-7(10,11)12;1-2/h1-3H;1-2H3. The molecule has 6 heteroatoms. The van der Waals surface area contributed by atoms with E-state index in [9.17, 15) is 17.6 Å². The zero-order chi connectivity index (χ0) is 12.1. The minimum absolute atomic E-state index is 0.0748. The lowest BCUT2D eigenvalue weighted by Gasteiger charge is -2.08. The molecular formula is C9H9BrF4O. The Hall–Kier alpha value is -0.780.